The zero-order valence-electron chi connectivity index (χ0n) is 11.6. The van der Waals surface area contributed by atoms with Gasteiger partial charge in [0.15, 0.2) is 0 Å². The second-order valence-electron chi connectivity index (χ2n) is 4.77. The molecule has 0 saturated heterocycles. The SMILES string of the molecule is CC(C)N(CCC(=O)O)CC(=O)Nc1cccc(F)c1. The Kier molecular flexibility index (Phi) is 6.11. The first-order chi connectivity index (χ1) is 9.38. The van der Waals surface area contributed by atoms with E-state index in [-0.39, 0.29) is 24.9 Å². The largest absolute Gasteiger partial charge is 0.481 e. The lowest BCUT2D eigenvalue weighted by atomic mass is 10.2. The van der Waals surface area contributed by atoms with Crippen LogP contribution in [0.2, 0.25) is 0 Å². The number of benzene rings is 1. The summed E-state index contributed by atoms with van der Waals surface area (Å²) in [6.45, 7) is 4.14. The maximum atomic E-state index is 13.0. The Morgan fingerprint density at radius 3 is 2.65 bits per heavy atom. The van der Waals surface area contributed by atoms with E-state index in [1.54, 1.807) is 11.0 Å². The maximum absolute atomic E-state index is 13.0. The standard InChI is InChI=1S/C14H19FN2O3/c1-10(2)17(7-6-14(19)20)9-13(18)16-12-5-3-4-11(15)8-12/h3-5,8,10H,6-7,9H2,1-2H3,(H,16,18)(H,19,20). The molecule has 1 rings (SSSR count). The number of nitrogens with zero attached hydrogens (tertiary/aromatic N) is 1. The van der Waals surface area contributed by atoms with Gasteiger partial charge in [0.2, 0.25) is 5.91 Å². The second kappa shape index (κ2) is 7.59. The highest BCUT2D eigenvalue weighted by Crippen LogP contribution is 2.09. The van der Waals surface area contributed by atoms with Crippen LogP contribution in [-0.4, -0.2) is 41.0 Å². The number of carbonyl (C=O) groups is 2. The molecule has 0 bridgehead atoms. The highest BCUT2D eigenvalue weighted by atomic mass is 19.1. The van der Waals surface area contributed by atoms with E-state index < -0.39 is 11.8 Å². The minimum Gasteiger partial charge on any atom is -0.481 e. The van der Waals surface area contributed by atoms with E-state index in [1.165, 1.54) is 18.2 Å². The molecule has 1 aromatic rings. The van der Waals surface area contributed by atoms with Gasteiger partial charge in [0.1, 0.15) is 5.82 Å². The summed E-state index contributed by atoms with van der Waals surface area (Å²) in [5.74, 6) is -1.62. The lowest BCUT2D eigenvalue weighted by Crippen LogP contribution is -2.39. The summed E-state index contributed by atoms with van der Waals surface area (Å²) >= 11 is 0. The molecule has 0 atom stereocenters. The van der Waals surface area contributed by atoms with Gasteiger partial charge in [-0.1, -0.05) is 6.07 Å². The molecule has 0 spiro atoms. The van der Waals surface area contributed by atoms with Gasteiger partial charge in [-0.25, -0.2) is 4.39 Å². The number of amides is 1. The first-order valence-corrected chi connectivity index (χ1v) is 6.39. The van der Waals surface area contributed by atoms with Crippen molar-refractivity contribution in [3.63, 3.8) is 0 Å². The fourth-order valence-electron chi connectivity index (χ4n) is 1.71. The molecule has 0 saturated carbocycles. The summed E-state index contributed by atoms with van der Waals surface area (Å²) in [6, 6.07) is 5.68. The minimum atomic E-state index is -0.902. The van der Waals surface area contributed by atoms with Gasteiger partial charge in [0.25, 0.3) is 0 Å². The molecule has 20 heavy (non-hydrogen) atoms. The molecule has 0 fully saturated rings. The van der Waals surface area contributed by atoms with Gasteiger partial charge in [-0.05, 0) is 32.0 Å². The summed E-state index contributed by atoms with van der Waals surface area (Å²) in [6.07, 6.45) is -0.0224. The summed E-state index contributed by atoms with van der Waals surface area (Å²) < 4.78 is 13.0. The van der Waals surface area contributed by atoms with Crippen LogP contribution in [0.3, 0.4) is 0 Å². The van der Waals surface area contributed by atoms with Crippen LogP contribution in [0, 0.1) is 5.82 Å². The molecule has 6 heteroatoms. The van der Waals surface area contributed by atoms with Crippen molar-refractivity contribution in [3.05, 3.63) is 30.1 Å². The lowest BCUT2D eigenvalue weighted by Gasteiger charge is -2.25. The van der Waals surface area contributed by atoms with E-state index in [4.69, 9.17) is 5.11 Å². The molecule has 2 N–H and O–H groups in total. The Labute approximate surface area is 117 Å². The fraction of sp³-hybridized carbons (Fsp3) is 0.429. The minimum absolute atomic E-state index is 0.0224. The number of rotatable bonds is 7. The topological polar surface area (TPSA) is 69.6 Å². The molecular formula is C14H19FN2O3. The number of carboxylic acid groups (broad SMARTS) is 1. The van der Waals surface area contributed by atoms with E-state index in [9.17, 15) is 14.0 Å². The quantitative estimate of drug-likeness (QED) is 0.802. The smallest absolute Gasteiger partial charge is 0.304 e. The van der Waals surface area contributed by atoms with Crippen LogP contribution in [0.5, 0.6) is 0 Å². The Hall–Kier alpha value is -1.95. The summed E-state index contributed by atoms with van der Waals surface area (Å²) in [5, 5.41) is 11.3. The van der Waals surface area contributed by atoms with Gasteiger partial charge in [0, 0.05) is 18.3 Å². The maximum Gasteiger partial charge on any atom is 0.304 e. The van der Waals surface area contributed by atoms with Crippen LogP contribution in [0.25, 0.3) is 0 Å². The highest BCUT2D eigenvalue weighted by molar-refractivity contribution is 5.92. The van der Waals surface area contributed by atoms with Crippen LogP contribution >= 0.6 is 0 Å². The van der Waals surface area contributed by atoms with E-state index in [0.717, 1.165) is 0 Å². The average Bonchev–Trinajstić information content (AvgIpc) is 2.33. The first-order valence-electron chi connectivity index (χ1n) is 6.39. The van der Waals surface area contributed by atoms with E-state index in [2.05, 4.69) is 5.32 Å². The predicted octanol–water partition coefficient (Wildman–Crippen LogP) is 1.95. The number of nitrogens with one attached hydrogen (secondary N) is 1. The number of anilines is 1. The molecular weight excluding hydrogens is 263 g/mol. The van der Waals surface area contributed by atoms with Crippen LogP contribution in [0.4, 0.5) is 10.1 Å². The second-order valence-corrected chi connectivity index (χ2v) is 4.77. The van der Waals surface area contributed by atoms with Crippen LogP contribution < -0.4 is 5.32 Å². The van der Waals surface area contributed by atoms with E-state index >= 15 is 0 Å². The van der Waals surface area contributed by atoms with E-state index in [1.807, 2.05) is 13.8 Å². The summed E-state index contributed by atoms with van der Waals surface area (Å²) in [7, 11) is 0. The normalized spacial score (nSPS) is 10.8. The van der Waals surface area contributed by atoms with Gasteiger partial charge in [-0.3, -0.25) is 14.5 Å². The van der Waals surface area contributed by atoms with Crippen molar-refractivity contribution >= 4 is 17.6 Å². The zero-order chi connectivity index (χ0) is 15.1. The van der Waals surface area contributed by atoms with Gasteiger partial charge in [-0.15, -0.1) is 0 Å². The third kappa shape index (κ3) is 5.79. The van der Waals surface area contributed by atoms with E-state index in [0.29, 0.717) is 12.2 Å². The van der Waals surface area contributed by atoms with Crippen LogP contribution in [0.1, 0.15) is 20.3 Å². The zero-order valence-corrected chi connectivity index (χ0v) is 11.6. The molecule has 0 aliphatic carbocycles. The van der Waals surface area contributed by atoms with Crippen LogP contribution in [0.15, 0.2) is 24.3 Å². The van der Waals surface area contributed by atoms with Crippen molar-refractivity contribution in [1.82, 2.24) is 4.90 Å². The number of hydrogen-bond acceptors (Lipinski definition) is 3. The van der Waals surface area contributed by atoms with Gasteiger partial charge in [-0.2, -0.15) is 0 Å². The van der Waals surface area contributed by atoms with Gasteiger partial charge >= 0.3 is 5.97 Å². The molecule has 0 heterocycles. The molecule has 1 aromatic carbocycles. The number of halogens is 1. The number of hydrogen-bond donors (Lipinski definition) is 2. The molecule has 5 nitrogen and oxygen atoms in total. The molecule has 110 valence electrons. The summed E-state index contributed by atoms with van der Waals surface area (Å²) in [5.41, 5.74) is 0.386. The molecule has 0 unspecified atom stereocenters. The highest BCUT2D eigenvalue weighted by Gasteiger charge is 2.15. The molecule has 0 aromatic heterocycles. The van der Waals surface area contributed by atoms with Crippen molar-refractivity contribution in [1.29, 1.82) is 0 Å². The monoisotopic (exact) mass is 282 g/mol. The number of aliphatic carboxylic acids is 1. The fourth-order valence-corrected chi connectivity index (χ4v) is 1.71. The molecule has 0 aliphatic heterocycles. The van der Waals surface area contributed by atoms with Crippen molar-refractivity contribution in [3.8, 4) is 0 Å². The van der Waals surface area contributed by atoms with Crippen molar-refractivity contribution < 1.29 is 19.1 Å². The Bertz CT molecular complexity index is 477. The van der Waals surface area contributed by atoms with Crippen LogP contribution in [-0.2, 0) is 9.59 Å². The first kappa shape index (κ1) is 16.1. The van der Waals surface area contributed by atoms with Gasteiger partial charge < -0.3 is 10.4 Å². The molecule has 0 aliphatic rings. The average molecular weight is 282 g/mol. The Morgan fingerprint density at radius 2 is 2.10 bits per heavy atom. The number of carbonyl (C=O) groups excluding carboxylic acids is 1. The van der Waals surface area contributed by atoms with Crippen molar-refractivity contribution in [2.24, 2.45) is 0 Å². The Morgan fingerprint density at radius 1 is 1.40 bits per heavy atom. The van der Waals surface area contributed by atoms with Gasteiger partial charge in [0.05, 0.1) is 13.0 Å². The van der Waals surface area contributed by atoms with Crippen molar-refractivity contribution in [2.75, 3.05) is 18.4 Å². The molecule has 0 radical (unpaired) electrons. The lowest BCUT2D eigenvalue weighted by molar-refractivity contribution is -0.137. The molecule has 1 amide bonds. The number of carboxylic acids is 1. The predicted molar refractivity (Wildman–Crippen MR) is 74.0 cm³/mol. The third-order valence-corrected chi connectivity index (χ3v) is 2.80. The van der Waals surface area contributed by atoms with Crippen molar-refractivity contribution in [2.45, 2.75) is 26.3 Å². The summed E-state index contributed by atoms with van der Waals surface area (Å²) in [4.78, 5) is 24.2. The third-order valence-electron chi connectivity index (χ3n) is 2.80. The Balaban J connectivity index is 2.55.